The van der Waals surface area contributed by atoms with Crippen molar-refractivity contribution < 1.29 is 28.1 Å². The van der Waals surface area contributed by atoms with Crippen LogP contribution in [0.4, 0.5) is 8.78 Å². The van der Waals surface area contributed by atoms with Crippen LogP contribution in [0.25, 0.3) is 10.9 Å². The third-order valence-corrected chi connectivity index (χ3v) is 10.3. The van der Waals surface area contributed by atoms with Gasteiger partial charge in [-0.15, -0.1) is 11.8 Å². The van der Waals surface area contributed by atoms with Crippen molar-refractivity contribution in [3.05, 3.63) is 130 Å². The first-order valence-electron chi connectivity index (χ1n) is 16.9. The molecule has 3 N–H and O–H groups in total. The zero-order chi connectivity index (χ0) is 34.9. The monoisotopic (exact) mass is 700 g/mol. The lowest BCUT2D eigenvalue weighted by Gasteiger charge is -2.19. The van der Waals surface area contributed by atoms with Crippen molar-refractivity contribution in [1.82, 2.24) is 10.3 Å². The number of alkyl halides is 2. The maximum atomic E-state index is 15.1. The number of nitrogens with one attached hydrogen (secondary N) is 2. The molecular formula is C40H42F2N2O5S. The van der Waals surface area contributed by atoms with Gasteiger partial charge in [0, 0.05) is 33.7 Å². The minimum absolute atomic E-state index is 0.0272. The van der Waals surface area contributed by atoms with Gasteiger partial charge in [-0.05, 0) is 91.0 Å². The molecule has 0 bridgehead atoms. The van der Waals surface area contributed by atoms with Crippen molar-refractivity contribution in [3.63, 3.8) is 0 Å². The number of pyridine rings is 1. The van der Waals surface area contributed by atoms with E-state index in [-0.39, 0.29) is 17.7 Å². The number of hydrogen-bond donors (Lipinski definition) is 3. The van der Waals surface area contributed by atoms with Crippen LogP contribution in [0.1, 0.15) is 54.0 Å². The number of fused-ring (bicyclic) bond motifs is 1. The van der Waals surface area contributed by atoms with Crippen molar-refractivity contribution in [2.24, 2.45) is 0 Å². The lowest BCUT2D eigenvalue weighted by Crippen LogP contribution is -2.24. The average Bonchev–Trinajstić information content (AvgIpc) is 3.65. The Kier molecular flexibility index (Phi) is 11.7. The maximum absolute atomic E-state index is 15.1. The molecule has 4 aromatic carbocycles. The van der Waals surface area contributed by atoms with Crippen molar-refractivity contribution in [2.45, 2.75) is 60.9 Å². The Hall–Kier alpha value is -4.38. The number of H-pyrrole nitrogens is 1. The second-order valence-electron chi connectivity index (χ2n) is 12.6. The predicted molar refractivity (Wildman–Crippen MR) is 194 cm³/mol. The molecule has 0 spiro atoms. The number of aromatic amines is 1. The summed E-state index contributed by atoms with van der Waals surface area (Å²) in [5.74, 6) is -1.46. The lowest BCUT2D eigenvalue weighted by molar-refractivity contribution is -0.0468. The first kappa shape index (κ1) is 35.4. The van der Waals surface area contributed by atoms with E-state index < -0.39 is 18.6 Å². The van der Waals surface area contributed by atoms with E-state index in [9.17, 15) is 9.90 Å². The number of hydrogen-bond acceptors (Lipinski definition) is 7. The smallest absolute Gasteiger partial charge is 0.306 e. The summed E-state index contributed by atoms with van der Waals surface area (Å²) in [4.78, 5) is 15.9. The first-order chi connectivity index (χ1) is 24.3. The Morgan fingerprint density at radius 1 is 0.920 bits per heavy atom. The van der Waals surface area contributed by atoms with E-state index in [1.807, 2.05) is 48.5 Å². The number of thioether (sulfide) groups is 1. The van der Waals surface area contributed by atoms with Crippen molar-refractivity contribution in [1.29, 1.82) is 0 Å². The third kappa shape index (κ3) is 9.24. The molecule has 1 aliphatic carbocycles. The lowest BCUT2D eigenvalue weighted by atomic mass is 10.0. The Labute approximate surface area is 295 Å². The minimum Gasteiger partial charge on any atom is -0.497 e. The Bertz CT molecular complexity index is 1910. The number of methoxy groups -OCH3 is 1. The number of rotatable bonds is 16. The standard InChI is InChI=1S/C40H42F2N2O5S/c1-47-30-13-11-28(12-14-30)25-48-37-19-17-34(35-18-20-38(46)44-39(35)37)36(45)24-43-22-21-27-9-15-31(16-10-27)49-26-40(41,42)29-5-4-8-33(23-29)50-32-6-2-3-7-32/h4-5,8-20,23,32,36,43,45H,2-3,6-7,21-22,24-26H2,1H3,(H,44,46)/t36-/m1/s1. The fraction of sp³-hybridized carbons (Fsp3) is 0.325. The van der Waals surface area contributed by atoms with Crippen LogP contribution in [0.5, 0.6) is 17.2 Å². The minimum atomic E-state index is -3.11. The van der Waals surface area contributed by atoms with E-state index in [1.165, 1.54) is 25.0 Å². The Morgan fingerprint density at radius 3 is 2.42 bits per heavy atom. The fourth-order valence-electron chi connectivity index (χ4n) is 6.13. The Morgan fingerprint density at radius 2 is 1.66 bits per heavy atom. The van der Waals surface area contributed by atoms with Crippen LogP contribution < -0.4 is 25.1 Å². The zero-order valence-electron chi connectivity index (χ0n) is 28.0. The van der Waals surface area contributed by atoms with E-state index in [0.29, 0.717) is 52.8 Å². The molecule has 0 radical (unpaired) electrons. The van der Waals surface area contributed by atoms with E-state index in [1.54, 1.807) is 55.3 Å². The van der Waals surface area contributed by atoms with Crippen LogP contribution in [-0.2, 0) is 19.0 Å². The van der Waals surface area contributed by atoms with Gasteiger partial charge in [0.25, 0.3) is 0 Å². The Balaban J connectivity index is 0.981. The first-order valence-corrected chi connectivity index (χ1v) is 17.8. The molecule has 50 heavy (non-hydrogen) atoms. The molecule has 1 fully saturated rings. The maximum Gasteiger partial charge on any atom is 0.306 e. The van der Waals surface area contributed by atoms with Crippen LogP contribution in [-0.4, -0.2) is 42.1 Å². The molecule has 262 valence electrons. The van der Waals surface area contributed by atoms with E-state index >= 15 is 8.78 Å². The number of ether oxygens (including phenoxy) is 3. The summed E-state index contributed by atoms with van der Waals surface area (Å²) in [5, 5.41) is 15.6. The summed E-state index contributed by atoms with van der Waals surface area (Å²) < 4.78 is 46.9. The molecule has 6 rings (SSSR count). The molecule has 0 aliphatic heterocycles. The van der Waals surface area contributed by atoms with Gasteiger partial charge in [-0.25, -0.2) is 0 Å². The number of aliphatic hydroxyl groups is 1. The molecule has 7 nitrogen and oxygen atoms in total. The summed E-state index contributed by atoms with van der Waals surface area (Å²) in [5.41, 5.74) is 2.84. The van der Waals surface area contributed by atoms with Gasteiger partial charge in [0.2, 0.25) is 5.56 Å². The van der Waals surface area contributed by atoms with Crippen LogP contribution in [0, 0.1) is 0 Å². The predicted octanol–water partition coefficient (Wildman–Crippen LogP) is 8.19. The van der Waals surface area contributed by atoms with Gasteiger partial charge in [0.05, 0.1) is 18.7 Å². The molecule has 1 heterocycles. The molecule has 1 saturated carbocycles. The molecular weight excluding hydrogens is 659 g/mol. The number of benzene rings is 4. The van der Waals surface area contributed by atoms with Crippen LogP contribution in [0.3, 0.4) is 0 Å². The van der Waals surface area contributed by atoms with Crippen LogP contribution in [0.2, 0.25) is 0 Å². The highest BCUT2D eigenvalue weighted by molar-refractivity contribution is 8.00. The fourth-order valence-corrected chi connectivity index (χ4v) is 7.43. The molecule has 0 amide bonds. The SMILES string of the molecule is COc1ccc(COc2ccc([C@H](O)CNCCc3ccc(OCC(F)(F)c4cccc(SC5CCCC5)c4)cc3)c3ccc(=O)[nH]c23)cc1. The summed E-state index contributed by atoms with van der Waals surface area (Å²) in [6.45, 7) is 0.439. The zero-order valence-corrected chi connectivity index (χ0v) is 28.8. The molecule has 0 saturated heterocycles. The van der Waals surface area contributed by atoms with Gasteiger partial charge >= 0.3 is 5.92 Å². The molecule has 1 aromatic heterocycles. The molecule has 10 heteroatoms. The molecule has 5 aromatic rings. The number of aliphatic hydroxyl groups excluding tert-OH is 1. The van der Waals surface area contributed by atoms with Gasteiger partial charge < -0.3 is 29.6 Å². The van der Waals surface area contributed by atoms with Crippen molar-refractivity contribution in [3.8, 4) is 17.2 Å². The van der Waals surface area contributed by atoms with E-state index in [4.69, 9.17) is 14.2 Å². The largest absolute Gasteiger partial charge is 0.497 e. The summed E-state index contributed by atoms with van der Waals surface area (Å²) >= 11 is 1.70. The topological polar surface area (TPSA) is 92.8 Å². The van der Waals surface area contributed by atoms with E-state index in [2.05, 4.69) is 10.3 Å². The highest BCUT2D eigenvalue weighted by Crippen LogP contribution is 2.37. The quantitative estimate of drug-likeness (QED) is 0.0895. The average molecular weight is 701 g/mol. The summed E-state index contributed by atoms with van der Waals surface area (Å²) in [6.07, 6.45) is 4.53. The number of aromatic nitrogens is 1. The van der Waals surface area contributed by atoms with E-state index in [0.717, 1.165) is 34.6 Å². The molecule has 1 aliphatic rings. The second kappa shape index (κ2) is 16.6. The highest BCUT2D eigenvalue weighted by Gasteiger charge is 2.33. The second-order valence-corrected chi connectivity index (χ2v) is 13.9. The van der Waals surface area contributed by atoms with Crippen LogP contribution >= 0.6 is 11.8 Å². The van der Waals surface area contributed by atoms with Gasteiger partial charge in [0.1, 0.15) is 23.9 Å². The van der Waals surface area contributed by atoms with Crippen LogP contribution in [0.15, 0.2) is 107 Å². The van der Waals surface area contributed by atoms with Crippen molar-refractivity contribution >= 4 is 22.7 Å². The van der Waals surface area contributed by atoms with Gasteiger partial charge in [-0.1, -0.05) is 55.3 Å². The van der Waals surface area contributed by atoms with Gasteiger partial charge in [-0.2, -0.15) is 8.78 Å². The molecule has 1 atom stereocenters. The normalized spacial score (nSPS) is 14.2. The highest BCUT2D eigenvalue weighted by atomic mass is 32.2. The van der Waals surface area contributed by atoms with Gasteiger partial charge in [0.15, 0.2) is 6.61 Å². The van der Waals surface area contributed by atoms with Crippen molar-refractivity contribution in [2.75, 3.05) is 26.8 Å². The number of halogens is 2. The third-order valence-electron chi connectivity index (χ3n) is 8.94. The molecule has 0 unspecified atom stereocenters. The summed E-state index contributed by atoms with van der Waals surface area (Å²) in [7, 11) is 1.61. The van der Waals surface area contributed by atoms with Gasteiger partial charge in [-0.3, -0.25) is 4.79 Å². The summed E-state index contributed by atoms with van der Waals surface area (Å²) in [6, 6.07) is 28.0.